The van der Waals surface area contributed by atoms with Crippen LogP contribution in [0.25, 0.3) is 0 Å². The monoisotopic (exact) mass is 275 g/mol. The minimum absolute atomic E-state index is 0.116. The zero-order valence-electron chi connectivity index (χ0n) is 11.1. The summed E-state index contributed by atoms with van der Waals surface area (Å²) in [5.41, 5.74) is 6.66. The number of hydrogen-bond donors (Lipinski definition) is 2. The maximum atomic E-state index is 6.45. The van der Waals surface area contributed by atoms with Crippen molar-refractivity contribution in [2.45, 2.75) is 49.0 Å². The molecular weight excluding hydrogens is 254 g/mol. The SMILES string of the molecule is Nc1ccc(OC23CC4CC(CC(C4)C2)C3)cc1S. The van der Waals surface area contributed by atoms with Crippen molar-refractivity contribution < 1.29 is 4.74 Å². The maximum absolute atomic E-state index is 6.45. The van der Waals surface area contributed by atoms with E-state index in [0.29, 0.717) is 0 Å². The molecule has 2 nitrogen and oxygen atoms in total. The molecule has 0 radical (unpaired) electrons. The van der Waals surface area contributed by atoms with Gasteiger partial charge < -0.3 is 10.5 Å². The fourth-order valence-electron chi connectivity index (χ4n) is 4.99. The summed E-state index contributed by atoms with van der Waals surface area (Å²) in [6, 6.07) is 5.86. The van der Waals surface area contributed by atoms with Crippen LogP contribution in [0.5, 0.6) is 5.75 Å². The number of nitrogens with two attached hydrogens (primary N) is 1. The molecule has 4 aliphatic carbocycles. The Morgan fingerprint density at radius 2 is 1.63 bits per heavy atom. The number of rotatable bonds is 2. The van der Waals surface area contributed by atoms with Gasteiger partial charge in [0.25, 0.3) is 0 Å². The van der Waals surface area contributed by atoms with Crippen molar-refractivity contribution in [2.24, 2.45) is 17.8 Å². The van der Waals surface area contributed by atoms with Crippen LogP contribution in [0.3, 0.4) is 0 Å². The minimum atomic E-state index is 0.116. The van der Waals surface area contributed by atoms with Gasteiger partial charge in [-0.25, -0.2) is 0 Å². The van der Waals surface area contributed by atoms with Gasteiger partial charge >= 0.3 is 0 Å². The lowest BCUT2D eigenvalue weighted by Crippen LogP contribution is -2.53. The molecule has 3 heteroatoms. The van der Waals surface area contributed by atoms with Gasteiger partial charge in [-0.2, -0.15) is 0 Å². The van der Waals surface area contributed by atoms with Crippen molar-refractivity contribution in [1.29, 1.82) is 0 Å². The van der Waals surface area contributed by atoms with Gasteiger partial charge in [0.1, 0.15) is 11.4 Å². The molecule has 0 aliphatic heterocycles. The molecule has 4 aliphatic rings. The lowest BCUT2D eigenvalue weighted by Gasteiger charge is -2.56. The summed E-state index contributed by atoms with van der Waals surface area (Å²) in [5, 5.41) is 0. The second-order valence-electron chi connectivity index (χ2n) is 6.92. The highest BCUT2D eigenvalue weighted by Gasteiger charge is 2.52. The molecule has 0 spiro atoms. The van der Waals surface area contributed by atoms with E-state index in [2.05, 4.69) is 12.6 Å². The summed E-state index contributed by atoms with van der Waals surface area (Å²) in [5.74, 6) is 3.68. The second kappa shape index (κ2) is 4.08. The molecule has 4 bridgehead atoms. The van der Waals surface area contributed by atoms with Crippen molar-refractivity contribution in [3.8, 4) is 5.75 Å². The van der Waals surface area contributed by atoms with Crippen molar-refractivity contribution in [3.05, 3.63) is 18.2 Å². The predicted molar refractivity (Wildman–Crippen MR) is 79.6 cm³/mol. The average Bonchev–Trinajstić information content (AvgIpc) is 2.31. The quantitative estimate of drug-likeness (QED) is 0.634. The first-order valence-electron chi connectivity index (χ1n) is 7.39. The van der Waals surface area contributed by atoms with Crippen molar-refractivity contribution in [3.63, 3.8) is 0 Å². The lowest BCUT2D eigenvalue weighted by molar-refractivity contribution is -0.107. The number of anilines is 1. The Labute approximate surface area is 120 Å². The fraction of sp³-hybridized carbons (Fsp3) is 0.625. The smallest absolute Gasteiger partial charge is 0.121 e. The van der Waals surface area contributed by atoms with Crippen LogP contribution in [0.2, 0.25) is 0 Å². The molecule has 0 aromatic heterocycles. The molecule has 0 unspecified atom stereocenters. The predicted octanol–water partition coefficient (Wildman–Crippen LogP) is 3.91. The van der Waals surface area contributed by atoms with E-state index >= 15 is 0 Å². The van der Waals surface area contributed by atoms with E-state index in [1.54, 1.807) is 0 Å². The Hall–Kier alpha value is -0.830. The van der Waals surface area contributed by atoms with Gasteiger partial charge in [-0.15, -0.1) is 12.6 Å². The van der Waals surface area contributed by atoms with Crippen LogP contribution >= 0.6 is 12.6 Å². The summed E-state index contributed by atoms with van der Waals surface area (Å²) in [7, 11) is 0. The third kappa shape index (κ3) is 2.03. The van der Waals surface area contributed by atoms with Gasteiger partial charge in [0.05, 0.1) is 0 Å². The highest BCUT2D eigenvalue weighted by molar-refractivity contribution is 7.80. The molecule has 0 amide bonds. The molecular formula is C16H21NOS. The summed E-state index contributed by atoms with van der Waals surface area (Å²) in [4.78, 5) is 0.822. The third-order valence-electron chi connectivity index (χ3n) is 5.32. The normalized spacial score (nSPS) is 39.5. The number of hydrogen-bond acceptors (Lipinski definition) is 3. The van der Waals surface area contributed by atoms with Gasteiger partial charge in [-0.05, 0) is 74.5 Å². The van der Waals surface area contributed by atoms with Gasteiger partial charge in [0.15, 0.2) is 0 Å². The molecule has 0 saturated heterocycles. The number of nitrogen functional groups attached to an aromatic ring is 1. The summed E-state index contributed by atoms with van der Waals surface area (Å²) < 4.78 is 6.45. The van der Waals surface area contributed by atoms with Crippen molar-refractivity contribution in [1.82, 2.24) is 0 Å². The van der Waals surface area contributed by atoms with Crippen LogP contribution in [0, 0.1) is 17.8 Å². The van der Waals surface area contributed by atoms with E-state index in [4.69, 9.17) is 10.5 Å². The van der Waals surface area contributed by atoms with Gasteiger partial charge in [-0.3, -0.25) is 0 Å². The topological polar surface area (TPSA) is 35.2 Å². The second-order valence-corrected chi connectivity index (χ2v) is 7.41. The molecule has 1 aromatic carbocycles. The largest absolute Gasteiger partial charge is 0.487 e. The standard InChI is InChI=1S/C16H21NOS/c17-14-2-1-13(6-15(14)19)18-16-7-10-3-11(8-16)5-12(4-10)9-16/h1-2,6,10-12,19H,3-5,7-9,17H2. The van der Waals surface area contributed by atoms with Crippen molar-refractivity contribution >= 4 is 18.3 Å². The molecule has 4 fully saturated rings. The van der Waals surface area contributed by atoms with Gasteiger partial charge in [-0.1, -0.05) is 0 Å². The average molecular weight is 275 g/mol. The van der Waals surface area contributed by atoms with Crippen LogP contribution in [-0.2, 0) is 0 Å². The first-order chi connectivity index (χ1) is 9.12. The number of benzene rings is 1. The van der Waals surface area contributed by atoms with E-state index in [-0.39, 0.29) is 5.60 Å². The molecule has 0 atom stereocenters. The fourth-order valence-corrected chi connectivity index (χ4v) is 5.19. The zero-order valence-corrected chi connectivity index (χ0v) is 12.0. The van der Waals surface area contributed by atoms with Crippen LogP contribution in [0.1, 0.15) is 38.5 Å². The van der Waals surface area contributed by atoms with Crippen molar-refractivity contribution in [2.75, 3.05) is 5.73 Å². The van der Waals surface area contributed by atoms with E-state index in [9.17, 15) is 0 Å². The molecule has 2 N–H and O–H groups in total. The van der Waals surface area contributed by atoms with Crippen LogP contribution in [-0.4, -0.2) is 5.60 Å². The minimum Gasteiger partial charge on any atom is -0.487 e. The maximum Gasteiger partial charge on any atom is 0.121 e. The summed E-state index contributed by atoms with van der Waals surface area (Å²) in [6.07, 6.45) is 8.11. The Bertz CT molecular complexity index is 478. The molecule has 0 heterocycles. The number of ether oxygens (including phenoxy) is 1. The van der Waals surface area contributed by atoms with Crippen LogP contribution in [0.15, 0.2) is 23.1 Å². The molecule has 4 saturated carbocycles. The summed E-state index contributed by atoms with van der Waals surface area (Å²) >= 11 is 4.40. The summed E-state index contributed by atoms with van der Waals surface area (Å²) in [6.45, 7) is 0. The lowest BCUT2D eigenvalue weighted by atomic mass is 9.54. The van der Waals surface area contributed by atoms with Gasteiger partial charge in [0, 0.05) is 10.6 Å². The molecule has 1 aromatic rings. The van der Waals surface area contributed by atoms with E-state index in [1.807, 2.05) is 18.2 Å². The first kappa shape index (κ1) is 12.0. The van der Waals surface area contributed by atoms with E-state index in [0.717, 1.165) is 34.1 Å². The van der Waals surface area contributed by atoms with Crippen LogP contribution < -0.4 is 10.5 Å². The zero-order chi connectivity index (χ0) is 13.0. The third-order valence-corrected chi connectivity index (χ3v) is 5.71. The molecule has 19 heavy (non-hydrogen) atoms. The molecule has 5 rings (SSSR count). The Kier molecular flexibility index (Phi) is 2.57. The van der Waals surface area contributed by atoms with E-state index < -0.39 is 0 Å². The highest BCUT2D eigenvalue weighted by Crippen LogP contribution is 2.57. The Balaban J connectivity index is 1.60. The van der Waals surface area contributed by atoms with E-state index in [1.165, 1.54) is 38.5 Å². The first-order valence-corrected chi connectivity index (χ1v) is 7.84. The van der Waals surface area contributed by atoms with Crippen LogP contribution in [0.4, 0.5) is 5.69 Å². The van der Waals surface area contributed by atoms with Gasteiger partial charge in [0.2, 0.25) is 0 Å². The Morgan fingerprint density at radius 1 is 1.05 bits per heavy atom. The highest BCUT2D eigenvalue weighted by atomic mass is 32.1. The number of thiol groups is 1. The molecule has 102 valence electrons. The Morgan fingerprint density at radius 3 is 2.16 bits per heavy atom.